The molecule has 0 saturated heterocycles. The predicted molar refractivity (Wildman–Crippen MR) is 65.7 cm³/mol. The Balaban J connectivity index is 4.53. The molecule has 0 aliphatic rings. The Morgan fingerprint density at radius 2 is 2.12 bits per heavy atom. The van der Waals surface area contributed by atoms with Gasteiger partial charge >= 0.3 is 0 Å². The van der Waals surface area contributed by atoms with Gasteiger partial charge in [-0.05, 0) is 5.92 Å². The molecule has 4 unspecified atom stereocenters. The summed E-state index contributed by atoms with van der Waals surface area (Å²) in [6.45, 7) is 4.28. The quantitative estimate of drug-likeness (QED) is 0.550. The van der Waals surface area contributed by atoms with E-state index in [0.717, 1.165) is 6.42 Å². The molecule has 0 heterocycles. The summed E-state index contributed by atoms with van der Waals surface area (Å²) >= 11 is 0. The number of rotatable bonds is 10. The van der Waals surface area contributed by atoms with Gasteiger partial charge < -0.3 is 20.3 Å². The third-order valence-electron chi connectivity index (χ3n) is 2.93. The Hall–Kier alpha value is -0.560. The van der Waals surface area contributed by atoms with Gasteiger partial charge in [0.1, 0.15) is 6.04 Å². The van der Waals surface area contributed by atoms with Crippen LogP contribution in [0.25, 0.3) is 0 Å². The van der Waals surface area contributed by atoms with E-state index in [9.17, 15) is 4.91 Å². The monoisotopic (exact) mass is 248 g/mol. The van der Waals surface area contributed by atoms with Crippen molar-refractivity contribution in [2.45, 2.75) is 38.5 Å². The van der Waals surface area contributed by atoms with Gasteiger partial charge in [0.2, 0.25) is 0 Å². The second-order valence-corrected chi connectivity index (χ2v) is 4.15. The summed E-state index contributed by atoms with van der Waals surface area (Å²) in [4.78, 5) is 10.9. The largest absolute Gasteiger partial charge is 0.394 e. The molecule has 0 bridgehead atoms. The van der Waals surface area contributed by atoms with E-state index >= 15 is 0 Å². The van der Waals surface area contributed by atoms with Crippen LogP contribution in [0, 0.1) is 10.8 Å². The number of methoxy groups -OCH3 is 1. The average molecular weight is 248 g/mol. The van der Waals surface area contributed by atoms with E-state index in [4.69, 9.17) is 20.3 Å². The minimum absolute atomic E-state index is 0.0878. The molecule has 0 amide bonds. The fourth-order valence-electron chi connectivity index (χ4n) is 1.65. The molecule has 4 atom stereocenters. The Bertz CT molecular complexity index is 204. The number of hydrogen-bond donors (Lipinski definition) is 2. The molecule has 0 spiro atoms. The molecule has 0 aromatic heterocycles. The molecule has 102 valence electrons. The number of hydrogen-bond acceptors (Lipinski definition) is 6. The number of ether oxygens (including phenoxy) is 2. The molecule has 0 fully saturated rings. The highest BCUT2D eigenvalue weighted by atomic mass is 16.5. The minimum atomic E-state index is -0.519. The van der Waals surface area contributed by atoms with Gasteiger partial charge in [0.25, 0.3) is 0 Å². The molecular formula is C11H24N2O4. The van der Waals surface area contributed by atoms with Gasteiger partial charge in [-0.1, -0.05) is 25.4 Å². The normalized spacial score (nSPS) is 18.4. The lowest BCUT2D eigenvalue weighted by molar-refractivity contribution is -0.0343. The van der Waals surface area contributed by atoms with Crippen LogP contribution in [0.3, 0.4) is 0 Å². The molecule has 0 radical (unpaired) electrons. The van der Waals surface area contributed by atoms with Gasteiger partial charge in [0.05, 0.1) is 32.0 Å². The van der Waals surface area contributed by atoms with Crippen LogP contribution < -0.4 is 5.73 Å². The Morgan fingerprint density at radius 3 is 2.53 bits per heavy atom. The first-order chi connectivity index (χ1) is 8.12. The third-order valence-corrected chi connectivity index (χ3v) is 2.93. The number of nitroso groups, excluding NO2 is 1. The summed E-state index contributed by atoms with van der Waals surface area (Å²) in [5.41, 5.74) is 6.00. The van der Waals surface area contributed by atoms with Gasteiger partial charge in [0, 0.05) is 7.11 Å². The fraction of sp³-hybridized carbons (Fsp3) is 1.00. The molecule has 0 aromatic rings. The van der Waals surface area contributed by atoms with Crippen LogP contribution in [0.5, 0.6) is 0 Å². The van der Waals surface area contributed by atoms with Crippen LogP contribution in [-0.2, 0) is 9.47 Å². The first-order valence-corrected chi connectivity index (χ1v) is 5.91. The lowest BCUT2D eigenvalue weighted by Crippen LogP contribution is -2.49. The molecule has 0 aliphatic carbocycles. The van der Waals surface area contributed by atoms with E-state index in [-0.39, 0.29) is 25.7 Å². The molecule has 0 aliphatic heterocycles. The van der Waals surface area contributed by atoms with Crippen molar-refractivity contribution >= 4 is 0 Å². The van der Waals surface area contributed by atoms with Crippen molar-refractivity contribution in [3.63, 3.8) is 0 Å². The number of aliphatic hydroxyl groups excluding tert-OH is 1. The lowest BCUT2D eigenvalue weighted by atomic mass is 9.91. The molecule has 0 aromatic carbocycles. The highest BCUT2D eigenvalue weighted by Crippen LogP contribution is 2.17. The van der Waals surface area contributed by atoms with Crippen LogP contribution >= 0.6 is 0 Å². The summed E-state index contributed by atoms with van der Waals surface area (Å²) in [5, 5.41) is 11.8. The maximum Gasteiger partial charge on any atom is 0.112 e. The predicted octanol–water partition coefficient (Wildman–Crippen LogP) is 0.519. The second-order valence-electron chi connectivity index (χ2n) is 4.15. The zero-order valence-electron chi connectivity index (χ0n) is 10.8. The van der Waals surface area contributed by atoms with E-state index in [1.165, 1.54) is 7.11 Å². The fourth-order valence-corrected chi connectivity index (χ4v) is 1.65. The van der Waals surface area contributed by atoms with Crippen LogP contribution in [0.4, 0.5) is 0 Å². The zero-order valence-corrected chi connectivity index (χ0v) is 10.8. The molecule has 3 N–H and O–H groups in total. The molecular weight excluding hydrogens is 224 g/mol. The molecule has 0 saturated carbocycles. The van der Waals surface area contributed by atoms with E-state index in [0.29, 0.717) is 0 Å². The van der Waals surface area contributed by atoms with Crippen molar-refractivity contribution in [1.29, 1.82) is 0 Å². The molecule has 0 rings (SSSR count). The summed E-state index contributed by atoms with van der Waals surface area (Å²) in [5.74, 6) is 0.0968. The van der Waals surface area contributed by atoms with Gasteiger partial charge in [-0.2, -0.15) is 4.91 Å². The maximum atomic E-state index is 10.9. The van der Waals surface area contributed by atoms with Crippen molar-refractivity contribution in [2.75, 3.05) is 26.9 Å². The van der Waals surface area contributed by atoms with Crippen molar-refractivity contribution in [3.05, 3.63) is 4.91 Å². The van der Waals surface area contributed by atoms with E-state index in [2.05, 4.69) is 5.18 Å². The summed E-state index contributed by atoms with van der Waals surface area (Å²) in [6, 6.07) is -1.02. The highest BCUT2D eigenvalue weighted by Gasteiger charge is 2.31. The topological polar surface area (TPSA) is 94.1 Å². The second kappa shape index (κ2) is 9.47. The zero-order chi connectivity index (χ0) is 13.3. The van der Waals surface area contributed by atoms with Crippen molar-refractivity contribution in [2.24, 2.45) is 16.8 Å². The highest BCUT2D eigenvalue weighted by molar-refractivity contribution is 4.89. The summed E-state index contributed by atoms with van der Waals surface area (Å²) < 4.78 is 10.4. The SMILES string of the molecule is CCC(C)C(N=O)C(N)C(COC)OCCO. The minimum Gasteiger partial charge on any atom is -0.394 e. The van der Waals surface area contributed by atoms with Gasteiger partial charge in [-0.3, -0.25) is 0 Å². The maximum absolute atomic E-state index is 10.9. The number of nitrogens with two attached hydrogens (primary N) is 1. The van der Waals surface area contributed by atoms with Crippen LogP contribution in [0.2, 0.25) is 0 Å². The molecule has 6 heteroatoms. The number of nitrogens with zero attached hydrogens (tertiary/aromatic N) is 1. The average Bonchev–Trinajstić information content (AvgIpc) is 2.34. The van der Waals surface area contributed by atoms with E-state index in [1.54, 1.807) is 0 Å². The van der Waals surface area contributed by atoms with Crippen LogP contribution in [-0.4, -0.2) is 50.2 Å². The Kier molecular flexibility index (Phi) is 9.16. The smallest absolute Gasteiger partial charge is 0.112 e. The first kappa shape index (κ1) is 16.4. The Morgan fingerprint density at radius 1 is 1.47 bits per heavy atom. The summed E-state index contributed by atoms with van der Waals surface area (Å²) in [6.07, 6.45) is 0.396. The van der Waals surface area contributed by atoms with Crippen LogP contribution in [0.15, 0.2) is 5.18 Å². The standard InChI is InChI=1S/C11H24N2O4/c1-4-8(2)11(13-15)10(12)9(7-16-3)17-6-5-14/h8-11,14H,4-7,12H2,1-3H3. The molecule has 17 heavy (non-hydrogen) atoms. The molecule has 6 nitrogen and oxygen atoms in total. The van der Waals surface area contributed by atoms with Crippen molar-refractivity contribution in [1.82, 2.24) is 0 Å². The van der Waals surface area contributed by atoms with Gasteiger partial charge in [-0.15, -0.1) is 0 Å². The first-order valence-electron chi connectivity index (χ1n) is 5.91. The van der Waals surface area contributed by atoms with E-state index < -0.39 is 18.2 Å². The number of aliphatic hydroxyl groups is 1. The Labute approximate surface area is 102 Å². The van der Waals surface area contributed by atoms with Crippen molar-refractivity contribution < 1.29 is 14.6 Å². The van der Waals surface area contributed by atoms with Crippen LogP contribution in [0.1, 0.15) is 20.3 Å². The third kappa shape index (κ3) is 5.54. The van der Waals surface area contributed by atoms with Gasteiger partial charge in [-0.25, -0.2) is 0 Å². The lowest BCUT2D eigenvalue weighted by Gasteiger charge is -2.29. The van der Waals surface area contributed by atoms with Crippen molar-refractivity contribution in [3.8, 4) is 0 Å². The van der Waals surface area contributed by atoms with E-state index in [1.807, 2.05) is 13.8 Å². The summed E-state index contributed by atoms with van der Waals surface area (Å²) in [7, 11) is 1.54. The van der Waals surface area contributed by atoms with Gasteiger partial charge in [0.15, 0.2) is 0 Å².